The van der Waals surface area contributed by atoms with Crippen LogP contribution in [0.15, 0.2) is 309 Å². The Morgan fingerprint density at radius 2 is 0.771 bits per heavy atom. The van der Waals surface area contributed by atoms with E-state index in [1.165, 1.54) is 0 Å². The molecule has 2 aliphatic heterocycles. The summed E-state index contributed by atoms with van der Waals surface area (Å²) in [4.78, 5) is 21.0. The fourth-order valence-electron chi connectivity index (χ4n) is 13.9. The van der Waals surface area contributed by atoms with Crippen molar-refractivity contribution in [2.24, 2.45) is 0 Å². The molecule has 0 atom stereocenters. The molecule has 2 aliphatic rings. The van der Waals surface area contributed by atoms with Crippen LogP contribution < -0.4 is 26.2 Å². The van der Waals surface area contributed by atoms with E-state index < -0.39 is 84.0 Å². The van der Waals surface area contributed by atoms with Crippen LogP contribution in [0.3, 0.4) is 0 Å². The summed E-state index contributed by atoms with van der Waals surface area (Å²) in [5.74, 6) is 1.20. The van der Waals surface area contributed by atoms with Gasteiger partial charge in [-0.3, -0.25) is 0 Å². The van der Waals surface area contributed by atoms with Gasteiger partial charge in [0.05, 0.1) is 40.2 Å². The van der Waals surface area contributed by atoms with Gasteiger partial charge in [-0.2, -0.15) is 0 Å². The van der Waals surface area contributed by atoms with E-state index in [4.69, 9.17) is 21.8 Å². The second kappa shape index (κ2) is 23.1. The summed E-state index contributed by atoms with van der Waals surface area (Å²) in [5.41, 5.74) is 15.4. The van der Waals surface area contributed by atoms with Gasteiger partial charge in [0.15, 0.2) is 17.5 Å². The lowest BCUT2D eigenvalue weighted by Gasteiger charge is -2.46. The van der Waals surface area contributed by atoms with Crippen molar-refractivity contribution < 1.29 is 17.8 Å². The van der Waals surface area contributed by atoms with E-state index in [-0.39, 0.29) is 39.5 Å². The van der Waals surface area contributed by atoms with Crippen molar-refractivity contribution in [2.45, 2.75) is 52.4 Å². The highest BCUT2D eigenvalue weighted by Gasteiger charge is 2.46. The largest absolute Gasteiger partial charge is 0.311 e. The third-order valence-electron chi connectivity index (χ3n) is 18.7. The van der Waals surface area contributed by atoms with Gasteiger partial charge in [0.25, 0.3) is 6.71 Å². The second-order valence-corrected chi connectivity index (χ2v) is 26.6. The molecule has 4 heterocycles. The van der Waals surface area contributed by atoms with Gasteiger partial charge in [0.1, 0.15) is 0 Å². The van der Waals surface area contributed by atoms with Crippen LogP contribution in [0.4, 0.5) is 34.1 Å². The molecule has 458 valence electrons. The minimum absolute atomic E-state index is 0.0252. The molecule has 13 aromatic carbocycles. The third-order valence-corrected chi connectivity index (χ3v) is 18.7. The smallest absolute Gasteiger partial charge is 0.252 e. The van der Waals surface area contributed by atoms with Crippen molar-refractivity contribution in [1.29, 1.82) is 0 Å². The maximum absolute atomic E-state index is 9.83. The van der Waals surface area contributed by atoms with Crippen molar-refractivity contribution in [1.82, 2.24) is 19.5 Å². The minimum atomic E-state index is -0.708. The molecule has 96 heavy (non-hydrogen) atoms. The zero-order valence-electron chi connectivity index (χ0n) is 66.7. The van der Waals surface area contributed by atoms with Gasteiger partial charge in [0.2, 0.25) is 0 Å². The topological polar surface area (TPSA) is 50.1 Å². The predicted molar refractivity (Wildman–Crippen MR) is 404 cm³/mol. The van der Waals surface area contributed by atoms with E-state index in [1.54, 1.807) is 4.57 Å². The molecule has 0 amide bonds. The Kier molecular flexibility index (Phi) is 11.0. The molecule has 2 aromatic heterocycles. The van der Waals surface area contributed by atoms with E-state index in [0.717, 1.165) is 89.1 Å². The predicted octanol–water partition coefficient (Wildman–Crippen LogP) is 21.3. The zero-order valence-corrected chi connectivity index (χ0v) is 53.7. The molecule has 15 aromatic rings. The fourth-order valence-corrected chi connectivity index (χ4v) is 13.9. The Morgan fingerprint density at radius 1 is 0.323 bits per heavy atom. The van der Waals surface area contributed by atoms with E-state index in [1.807, 2.05) is 152 Å². The molecule has 6 nitrogen and oxygen atoms in total. The molecular formula is C89H69BN6. The zero-order chi connectivity index (χ0) is 76.1. The number of anilines is 6. The van der Waals surface area contributed by atoms with Crippen LogP contribution in [-0.4, -0.2) is 26.2 Å². The van der Waals surface area contributed by atoms with Gasteiger partial charge in [-0.05, 0) is 138 Å². The summed E-state index contributed by atoms with van der Waals surface area (Å²) < 4.78 is 123. The quantitative estimate of drug-likeness (QED) is 0.128. The molecule has 0 unspecified atom stereocenters. The first-order valence-electron chi connectivity index (χ1n) is 38.8. The van der Waals surface area contributed by atoms with Gasteiger partial charge >= 0.3 is 0 Å². The summed E-state index contributed by atoms with van der Waals surface area (Å²) >= 11 is 0. The van der Waals surface area contributed by atoms with Crippen molar-refractivity contribution in [2.75, 3.05) is 9.80 Å². The number of benzene rings is 13. The van der Waals surface area contributed by atoms with Crippen LogP contribution >= 0.6 is 0 Å². The molecule has 0 saturated heterocycles. The van der Waals surface area contributed by atoms with Crippen molar-refractivity contribution in [3.8, 4) is 84.4 Å². The Bertz CT molecular complexity index is 6150. The fraction of sp³-hybridized carbons (Fsp3) is 0.0899. The highest BCUT2D eigenvalue weighted by atomic mass is 15.2. The summed E-state index contributed by atoms with van der Waals surface area (Å²) in [6.45, 7) is 12.3. The van der Waals surface area contributed by atoms with Crippen LogP contribution in [0.2, 0.25) is 0 Å². The molecule has 0 saturated carbocycles. The maximum Gasteiger partial charge on any atom is 0.252 e. The first kappa shape index (κ1) is 45.6. The van der Waals surface area contributed by atoms with E-state index in [0.29, 0.717) is 51.3 Å². The Balaban J connectivity index is 1.08. The molecule has 0 bridgehead atoms. The number of fused-ring (bicyclic) bond motifs is 7. The Morgan fingerprint density at radius 3 is 1.34 bits per heavy atom. The van der Waals surface area contributed by atoms with Crippen LogP contribution in [-0.2, 0) is 10.8 Å². The van der Waals surface area contributed by atoms with Gasteiger partial charge in [0, 0.05) is 67.0 Å². The average Bonchev–Trinajstić information content (AvgIpc) is 1.59. The molecule has 0 N–H and O–H groups in total. The average molecular weight is 1250 g/mol. The van der Waals surface area contributed by atoms with Gasteiger partial charge in [-0.1, -0.05) is 284 Å². The van der Waals surface area contributed by atoms with Crippen LogP contribution in [0.1, 0.15) is 70.5 Å². The lowest BCUT2D eigenvalue weighted by molar-refractivity contribution is 0.590. The summed E-state index contributed by atoms with van der Waals surface area (Å²) in [5, 5.41) is -0.139. The summed E-state index contributed by atoms with van der Waals surface area (Å²) in [6, 6.07) is 71.0. The van der Waals surface area contributed by atoms with Crippen LogP contribution in [0.25, 0.3) is 106 Å². The van der Waals surface area contributed by atoms with Gasteiger partial charge < -0.3 is 14.4 Å². The lowest BCUT2D eigenvalue weighted by Crippen LogP contribution is -2.61. The first-order valence-corrected chi connectivity index (χ1v) is 32.3. The number of hydrogen-bond acceptors (Lipinski definition) is 5. The second-order valence-electron chi connectivity index (χ2n) is 26.6. The van der Waals surface area contributed by atoms with Crippen molar-refractivity contribution >= 4 is 79.0 Å². The highest BCUT2D eigenvalue weighted by Crippen LogP contribution is 2.54. The summed E-state index contributed by atoms with van der Waals surface area (Å²) in [7, 11) is 0. The number of hydrogen-bond donors (Lipinski definition) is 0. The monoisotopic (exact) mass is 1250 g/mol. The lowest BCUT2D eigenvalue weighted by atomic mass is 9.33. The first-order chi connectivity index (χ1) is 52.3. The number of para-hydroxylation sites is 2. The molecular weight excluding hydrogens is 1160 g/mol. The molecule has 0 aliphatic carbocycles. The number of nitrogens with zero attached hydrogens (tertiary/aromatic N) is 6. The van der Waals surface area contributed by atoms with Gasteiger partial charge in [-0.15, -0.1) is 0 Å². The van der Waals surface area contributed by atoms with Crippen molar-refractivity contribution in [3.05, 3.63) is 320 Å². The van der Waals surface area contributed by atoms with Crippen molar-refractivity contribution in [3.63, 3.8) is 0 Å². The Hall–Kier alpha value is -11.7. The molecule has 17 rings (SSSR count). The van der Waals surface area contributed by atoms with E-state index in [2.05, 4.69) is 130 Å². The van der Waals surface area contributed by atoms with Gasteiger partial charge in [-0.25, -0.2) is 15.0 Å². The standard InChI is InChI=1S/C89H69BN6/c1-88(2,3)66-53-72(61-35-19-10-20-36-61)84(73(54-66)87-92-85(62-37-21-11-22-38-62)91-86(93-87)63-39-23-12-24-40-63)96-80-57-68(94-76-43-27-25-41-69(76)70-42-26-28-44-77(70)94)47-49-75(80)90-74-48-45-65(59-31-15-8-16-32-59)52-79(74)95(81-55-67(89(4,5)6)56-82(96)83(81)90)78-50-46-64(58-29-13-7-14-30-58)51-71(78)60-33-17-9-18-34-60/h7-57H,1-6H3/i8D,15D,16D,25D,26D,27D,28D,31D,32D,41D,42D,43D,44D. The molecule has 0 spiro atoms. The molecule has 7 heteroatoms. The molecule has 0 fully saturated rings. The van der Waals surface area contributed by atoms with Crippen LogP contribution in [0, 0.1) is 0 Å². The van der Waals surface area contributed by atoms with E-state index >= 15 is 0 Å². The highest BCUT2D eigenvalue weighted by molar-refractivity contribution is 7.00. The minimum Gasteiger partial charge on any atom is -0.311 e. The molecule has 0 radical (unpaired) electrons. The summed E-state index contributed by atoms with van der Waals surface area (Å²) in [6.07, 6.45) is 0. The van der Waals surface area contributed by atoms with Crippen LogP contribution in [0.5, 0.6) is 0 Å². The Labute approximate surface area is 580 Å². The third kappa shape index (κ3) is 10.0. The maximum atomic E-state index is 9.83. The normalized spacial score (nSPS) is 14.5. The SMILES string of the molecule is [2H]c1c([2H])c([2H])c(-c2ccc3c(c2)N(c2ccc(-c4ccccc4)cc2-c2ccccc2)c2cc(C(C)(C)C)cc4c2B3c2ccc(-n3c5c([2H])c([2H])c([2H])c([2H])c5c5c([2H])c([2H])c([2H])c([2H])c53)cc2N4c2c(-c3ccccc3)cc(C(C)(C)C)cc2-c2nc(-c3ccccc3)nc(-c3ccccc3)n2)c([2H])c1[2H]. The number of aromatic nitrogens is 4. The number of rotatable bonds is 10. The van der Waals surface area contributed by atoms with E-state index in [9.17, 15) is 11.0 Å².